The molecule has 4 N–H and O–H groups in total. The Morgan fingerprint density at radius 3 is 2.00 bits per heavy atom. The van der Waals surface area contributed by atoms with Crippen LogP contribution in [0.3, 0.4) is 0 Å². The van der Waals surface area contributed by atoms with Gasteiger partial charge in [-0.15, -0.1) is 5.10 Å². The first-order chi connectivity index (χ1) is 5.02. The molecular formula is C7H14N4. The lowest BCUT2D eigenvalue weighted by Gasteiger charge is -1.89. The van der Waals surface area contributed by atoms with Crippen molar-refractivity contribution >= 4 is 11.7 Å². The quantitative estimate of drug-likeness (QED) is 0.347. The molecule has 0 aliphatic rings. The Labute approximate surface area is 66.7 Å². The van der Waals surface area contributed by atoms with Crippen LogP contribution in [0.2, 0.25) is 0 Å². The molecule has 0 amide bonds. The van der Waals surface area contributed by atoms with Gasteiger partial charge in [-0.3, -0.25) is 0 Å². The highest BCUT2D eigenvalue weighted by Crippen LogP contribution is 1.90. The van der Waals surface area contributed by atoms with Crippen molar-refractivity contribution in [3.05, 3.63) is 11.6 Å². The highest BCUT2D eigenvalue weighted by Gasteiger charge is 1.83. The minimum Gasteiger partial charge on any atom is -0.369 e. The summed E-state index contributed by atoms with van der Waals surface area (Å²) in [6, 6.07) is 0. The summed E-state index contributed by atoms with van der Waals surface area (Å²) >= 11 is 0. The molecule has 0 aliphatic carbocycles. The molecule has 4 heteroatoms. The van der Waals surface area contributed by atoms with E-state index in [9.17, 15) is 0 Å². The molecule has 4 nitrogen and oxygen atoms in total. The summed E-state index contributed by atoms with van der Waals surface area (Å²) < 4.78 is 0. The fourth-order valence-corrected chi connectivity index (χ4v) is 0.583. The maximum Gasteiger partial charge on any atom is 0.211 e. The van der Waals surface area contributed by atoms with Gasteiger partial charge in [0, 0.05) is 0 Å². The number of rotatable bonds is 2. The van der Waals surface area contributed by atoms with E-state index in [0.717, 1.165) is 11.3 Å². The number of nitrogens with zero attached hydrogens (tertiary/aromatic N) is 2. The second-order valence-corrected chi connectivity index (χ2v) is 2.49. The standard InChI is InChI=1S/C7H14N4/c1-5(2)4-6(3)10-11-7(8)9/h4H,1-3H3,(H4,8,9,11)/b10-6+. The van der Waals surface area contributed by atoms with Crippen molar-refractivity contribution < 1.29 is 0 Å². The third-order valence-electron chi connectivity index (χ3n) is 0.821. The van der Waals surface area contributed by atoms with Crippen molar-refractivity contribution in [2.45, 2.75) is 20.8 Å². The predicted molar refractivity (Wildman–Crippen MR) is 48.3 cm³/mol. The number of nitrogens with two attached hydrogens (primary N) is 2. The third-order valence-corrected chi connectivity index (χ3v) is 0.821. The summed E-state index contributed by atoms with van der Waals surface area (Å²) in [5, 5.41) is 7.24. The average Bonchev–Trinajstić information content (AvgIpc) is 1.82. The third kappa shape index (κ3) is 6.57. The Morgan fingerprint density at radius 1 is 1.09 bits per heavy atom. The van der Waals surface area contributed by atoms with Crippen LogP contribution in [0.15, 0.2) is 21.9 Å². The van der Waals surface area contributed by atoms with Crippen molar-refractivity contribution in [3.8, 4) is 0 Å². The minimum absolute atomic E-state index is 0.0218. The van der Waals surface area contributed by atoms with Crippen LogP contribution in [-0.4, -0.2) is 11.7 Å². The van der Waals surface area contributed by atoms with E-state index < -0.39 is 0 Å². The van der Waals surface area contributed by atoms with E-state index in [4.69, 9.17) is 11.5 Å². The molecule has 0 rings (SSSR count). The smallest absolute Gasteiger partial charge is 0.211 e. The maximum atomic E-state index is 5.07. The number of allylic oxidation sites excluding steroid dienone is 2. The first-order valence-corrected chi connectivity index (χ1v) is 3.30. The van der Waals surface area contributed by atoms with E-state index >= 15 is 0 Å². The summed E-state index contributed by atoms with van der Waals surface area (Å²) in [5.74, 6) is -0.0218. The Kier molecular flexibility index (Phi) is 3.95. The van der Waals surface area contributed by atoms with Crippen LogP contribution in [0, 0.1) is 0 Å². The molecule has 0 unspecified atom stereocenters. The molecule has 0 saturated heterocycles. The maximum absolute atomic E-state index is 5.07. The molecule has 0 heterocycles. The fourth-order valence-electron chi connectivity index (χ4n) is 0.583. The second-order valence-electron chi connectivity index (χ2n) is 2.49. The Hall–Kier alpha value is -1.32. The highest BCUT2D eigenvalue weighted by atomic mass is 15.3. The monoisotopic (exact) mass is 154 g/mol. The molecule has 0 spiro atoms. The van der Waals surface area contributed by atoms with Crippen molar-refractivity contribution in [1.29, 1.82) is 0 Å². The molecule has 0 bridgehead atoms. The zero-order valence-electron chi connectivity index (χ0n) is 7.13. The van der Waals surface area contributed by atoms with E-state index in [0.29, 0.717) is 0 Å². The van der Waals surface area contributed by atoms with Crippen molar-refractivity contribution in [1.82, 2.24) is 0 Å². The highest BCUT2D eigenvalue weighted by molar-refractivity contribution is 5.93. The van der Waals surface area contributed by atoms with Crippen molar-refractivity contribution in [3.63, 3.8) is 0 Å². The lowest BCUT2D eigenvalue weighted by atomic mass is 10.3. The zero-order chi connectivity index (χ0) is 8.85. The summed E-state index contributed by atoms with van der Waals surface area (Å²) in [4.78, 5) is 0. The van der Waals surface area contributed by atoms with E-state index in [-0.39, 0.29) is 5.96 Å². The largest absolute Gasteiger partial charge is 0.369 e. The number of guanidine groups is 1. The van der Waals surface area contributed by atoms with Crippen LogP contribution in [0.4, 0.5) is 0 Å². The van der Waals surface area contributed by atoms with Gasteiger partial charge in [0.1, 0.15) is 0 Å². The van der Waals surface area contributed by atoms with Gasteiger partial charge in [-0.25, -0.2) is 0 Å². The van der Waals surface area contributed by atoms with Gasteiger partial charge in [-0.1, -0.05) is 5.57 Å². The molecule has 0 aromatic heterocycles. The molecule has 0 aromatic carbocycles. The number of hydrogen-bond donors (Lipinski definition) is 2. The van der Waals surface area contributed by atoms with Gasteiger partial charge in [-0.2, -0.15) is 5.10 Å². The lowest BCUT2D eigenvalue weighted by molar-refractivity contribution is 1.20. The van der Waals surface area contributed by atoms with Gasteiger partial charge in [0.2, 0.25) is 5.96 Å². The summed E-state index contributed by atoms with van der Waals surface area (Å²) in [6.45, 7) is 5.79. The molecule has 62 valence electrons. The second kappa shape index (κ2) is 4.49. The van der Waals surface area contributed by atoms with Crippen LogP contribution in [0.5, 0.6) is 0 Å². The lowest BCUT2D eigenvalue weighted by Crippen LogP contribution is -2.21. The van der Waals surface area contributed by atoms with Gasteiger partial charge in [0.25, 0.3) is 0 Å². The van der Waals surface area contributed by atoms with Crippen LogP contribution < -0.4 is 11.5 Å². The summed E-state index contributed by atoms with van der Waals surface area (Å²) in [5.41, 5.74) is 12.1. The molecule has 0 radical (unpaired) electrons. The zero-order valence-corrected chi connectivity index (χ0v) is 7.13. The van der Waals surface area contributed by atoms with E-state index in [1.54, 1.807) is 0 Å². The molecule has 0 fully saturated rings. The first kappa shape index (κ1) is 9.68. The Bertz CT molecular complexity index is 204. The molecule has 11 heavy (non-hydrogen) atoms. The van der Waals surface area contributed by atoms with Crippen molar-refractivity contribution in [2.24, 2.45) is 21.7 Å². The predicted octanol–water partition coefficient (Wildman–Crippen LogP) is 0.602. The molecule has 0 saturated carbocycles. The van der Waals surface area contributed by atoms with E-state index in [1.165, 1.54) is 0 Å². The van der Waals surface area contributed by atoms with Gasteiger partial charge < -0.3 is 11.5 Å². The molecule has 0 atom stereocenters. The van der Waals surface area contributed by atoms with Gasteiger partial charge in [0.15, 0.2) is 0 Å². The fraction of sp³-hybridized carbons (Fsp3) is 0.429. The normalized spacial score (nSPS) is 10.6. The van der Waals surface area contributed by atoms with Gasteiger partial charge in [0.05, 0.1) is 5.71 Å². The van der Waals surface area contributed by atoms with Crippen LogP contribution in [0.1, 0.15) is 20.8 Å². The van der Waals surface area contributed by atoms with E-state index in [1.807, 2.05) is 26.8 Å². The number of hydrogen-bond acceptors (Lipinski definition) is 2. The Balaban J connectivity index is 4.25. The van der Waals surface area contributed by atoms with E-state index in [2.05, 4.69) is 10.2 Å². The van der Waals surface area contributed by atoms with Crippen LogP contribution >= 0.6 is 0 Å². The first-order valence-electron chi connectivity index (χ1n) is 3.30. The topological polar surface area (TPSA) is 76.8 Å². The minimum atomic E-state index is -0.0218. The summed E-state index contributed by atoms with van der Waals surface area (Å²) in [7, 11) is 0. The van der Waals surface area contributed by atoms with Crippen LogP contribution in [0.25, 0.3) is 0 Å². The molecular weight excluding hydrogens is 140 g/mol. The SMILES string of the molecule is CC(C)=C/C(C)=N/N=C(N)N. The van der Waals surface area contributed by atoms with Gasteiger partial charge >= 0.3 is 0 Å². The average molecular weight is 154 g/mol. The van der Waals surface area contributed by atoms with Crippen LogP contribution in [-0.2, 0) is 0 Å². The molecule has 0 aromatic rings. The molecule has 0 aliphatic heterocycles. The van der Waals surface area contributed by atoms with Crippen molar-refractivity contribution in [2.75, 3.05) is 0 Å². The Morgan fingerprint density at radius 2 is 1.64 bits per heavy atom. The van der Waals surface area contributed by atoms with Gasteiger partial charge in [-0.05, 0) is 26.8 Å². The summed E-state index contributed by atoms with van der Waals surface area (Å²) in [6.07, 6.45) is 1.90.